The quantitative estimate of drug-likeness (QED) is 0.800. The average Bonchev–Trinajstić information content (AvgIpc) is 2.82. The topological polar surface area (TPSA) is 81.4 Å². The van der Waals surface area contributed by atoms with Crippen LogP contribution in [0.1, 0.15) is 6.92 Å². The molecule has 7 nitrogen and oxygen atoms in total. The van der Waals surface area contributed by atoms with Crippen LogP contribution in [0.15, 0.2) is 12.7 Å². The van der Waals surface area contributed by atoms with E-state index in [4.69, 9.17) is 11.6 Å². The van der Waals surface area contributed by atoms with Crippen molar-refractivity contribution in [3.05, 3.63) is 17.9 Å². The molecule has 2 rings (SSSR count). The first-order chi connectivity index (χ1) is 8.29. The van der Waals surface area contributed by atoms with Crippen molar-refractivity contribution < 1.29 is 0 Å². The summed E-state index contributed by atoms with van der Waals surface area (Å²) >= 11 is 5.78. The van der Waals surface area contributed by atoms with Crippen molar-refractivity contribution >= 4 is 17.5 Å². The molecule has 2 heterocycles. The molecule has 0 aliphatic heterocycles. The Hall–Kier alpha value is -2.20. The van der Waals surface area contributed by atoms with E-state index in [1.165, 1.54) is 17.3 Å². The molecule has 0 aliphatic rings. The van der Waals surface area contributed by atoms with Gasteiger partial charge in [0, 0.05) is 0 Å². The molecular weight excluding hydrogens is 242 g/mol. The Morgan fingerprint density at radius 3 is 3.00 bits per heavy atom. The number of rotatable bonds is 3. The third-order valence-corrected chi connectivity index (χ3v) is 1.90. The van der Waals surface area contributed by atoms with E-state index in [0.29, 0.717) is 18.4 Å². The van der Waals surface area contributed by atoms with Crippen molar-refractivity contribution in [3.8, 4) is 17.8 Å². The lowest BCUT2D eigenvalue weighted by molar-refractivity contribution is 0.795. The van der Waals surface area contributed by atoms with Crippen LogP contribution in [0, 0.1) is 11.8 Å². The fourth-order valence-electron chi connectivity index (χ4n) is 1.04. The first kappa shape index (κ1) is 11.3. The van der Waals surface area contributed by atoms with E-state index >= 15 is 0 Å². The van der Waals surface area contributed by atoms with E-state index in [-0.39, 0.29) is 5.28 Å². The highest BCUT2D eigenvalue weighted by molar-refractivity contribution is 6.28. The molecule has 0 atom stereocenters. The lowest BCUT2D eigenvalue weighted by Crippen LogP contribution is -2.09. The van der Waals surface area contributed by atoms with E-state index in [9.17, 15) is 0 Å². The van der Waals surface area contributed by atoms with Gasteiger partial charge in [0.1, 0.15) is 12.7 Å². The maximum Gasteiger partial charge on any atom is 0.258 e. The molecule has 0 aliphatic carbocycles. The van der Waals surface area contributed by atoms with E-state index in [2.05, 4.69) is 42.2 Å². The summed E-state index contributed by atoms with van der Waals surface area (Å²) in [7, 11) is 0. The molecule has 0 unspecified atom stereocenters. The number of nitrogens with one attached hydrogen (secondary N) is 1. The molecular formula is C9H8ClN7. The largest absolute Gasteiger partial charge is 0.343 e. The molecule has 0 saturated heterocycles. The first-order valence-electron chi connectivity index (χ1n) is 4.69. The second kappa shape index (κ2) is 5.23. The summed E-state index contributed by atoms with van der Waals surface area (Å²) in [5.74, 6) is 6.23. The highest BCUT2D eigenvalue weighted by atomic mass is 35.5. The van der Waals surface area contributed by atoms with Crippen LogP contribution in [-0.4, -0.2) is 36.3 Å². The molecule has 0 fully saturated rings. The second-order valence-electron chi connectivity index (χ2n) is 2.85. The molecule has 8 heteroatoms. The summed E-state index contributed by atoms with van der Waals surface area (Å²) in [5.41, 5.74) is 0. The van der Waals surface area contributed by atoms with Gasteiger partial charge in [-0.1, -0.05) is 5.92 Å². The molecule has 0 radical (unpaired) electrons. The Bertz CT molecular complexity index is 554. The van der Waals surface area contributed by atoms with Crippen LogP contribution in [-0.2, 0) is 0 Å². The third-order valence-electron chi connectivity index (χ3n) is 1.73. The first-order valence-corrected chi connectivity index (χ1v) is 5.07. The minimum atomic E-state index is 0.0810. The fourth-order valence-corrected chi connectivity index (χ4v) is 1.20. The van der Waals surface area contributed by atoms with Crippen LogP contribution in [0.2, 0.25) is 5.28 Å². The number of halogens is 1. The molecule has 1 N–H and O–H groups in total. The van der Waals surface area contributed by atoms with Gasteiger partial charge in [0.2, 0.25) is 11.2 Å². The van der Waals surface area contributed by atoms with E-state index < -0.39 is 0 Å². The van der Waals surface area contributed by atoms with Crippen molar-refractivity contribution in [1.82, 2.24) is 29.7 Å². The molecule has 0 saturated carbocycles. The van der Waals surface area contributed by atoms with Crippen LogP contribution in [0.25, 0.3) is 5.95 Å². The van der Waals surface area contributed by atoms with Crippen molar-refractivity contribution in [2.75, 3.05) is 11.9 Å². The Morgan fingerprint density at radius 1 is 1.41 bits per heavy atom. The molecule has 0 aromatic carbocycles. The zero-order valence-electron chi connectivity index (χ0n) is 8.92. The molecule has 0 bridgehead atoms. The van der Waals surface area contributed by atoms with Gasteiger partial charge in [-0.15, -0.1) is 5.92 Å². The number of hydrogen-bond donors (Lipinski definition) is 1. The summed E-state index contributed by atoms with van der Waals surface area (Å²) < 4.78 is 1.39. The van der Waals surface area contributed by atoms with Gasteiger partial charge in [-0.05, 0) is 18.5 Å². The Kier molecular flexibility index (Phi) is 3.47. The third kappa shape index (κ3) is 2.89. The average molecular weight is 250 g/mol. The number of hydrogen-bond acceptors (Lipinski definition) is 6. The smallest absolute Gasteiger partial charge is 0.258 e. The van der Waals surface area contributed by atoms with Crippen molar-refractivity contribution in [2.24, 2.45) is 0 Å². The summed E-state index contributed by atoms with van der Waals surface area (Å²) in [6, 6.07) is 0. The van der Waals surface area contributed by atoms with E-state index in [1.54, 1.807) is 6.92 Å². The lowest BCUT2D eigenvalue weighted by atomic mass is 10.6. The van der Waals surface area contributed by atoms with Crippen LogP contribution >= 0.6 is 11.6 Å². The standard InChI is InChI=1S/C9H8ClN7/c1-2-3-4-12-8-14-7(10)15-9(16-8)17-6-11-5-13-17/h5-6H,4H2,1H3,(H,12,14,15,16). The number of nitrogens with zero attached hydrogens (tertiary/aromatic N) is 6. The van der Waals surface area contributed by atoms with Crippen molar-refractivity contribution in [2.45, 2.75) is 6.92 Å². The maximum atomic E-state index is 5.78. The van der Waals surface area contributed by atoms with Crippen molar-refractivity contribution in [1.29, 1.82) is 0 Å². The Balaban J connectivity index is 2.25. The van der Waals surface area contributed by atoms with Gasteiger partial charge in [-0.2, -0.15) is 24.7 Å². The monoisotopic (exact) mass is 249 g/mol. The molecule has 2 aromatic rings. The zero-order valence-corrected chi connectivity index (χ0v) is 9.68. The highest BCUT2D eigenvalue weighted by Gasteiger charge is 2.06. The van der Waals surface area contributed by atoms with Gasteiger partial charge in [0.15, 0.2) is 0 Å². The lowest BCUT2D eigenvalue weighted by Gasteiger charge is -2.03. The Labute approximate surface area is 102 Å². The predicted octanol–water partition coefficient (Wildman–Crippen LogP) is 0.541. The number of aromatic nitrogens is 6. The summed E-state index contributed by atoms with van der Waals surface area (Å²) in [4.78, 5) is 15.8. The van der Waals surface area contributed by atoms with Gasteiger partial charge >= 0.3 is 0 Å². The second-order valence-corrected chi connectivity index (χ2v) is 3.19. The molecule has 17 heavy (non-hydrogen) atoms. The minimum Gasteiger partial charge on any atom is -0.343 e. The van der Waals surface area contributed by atoms with Gasteiger partial charge in [0.05, 0.1) is 6.54 Å². The summed E-state index contributed by atoms with van der Waals surface area (Å²) in [5, 5.41) is 6.89. The summed E-state index contributed by atoms with van der Waals surface area (Å²) in [6.45, 7) is 2.19. The van der Waals surface area contributed by atoms with Crippen molar-refractivity contribution in [3.63, 3.8) is 0 Å². The van der Waals surface area contributed by atoms with Gasteiger partial charge in [0.25, 0.3) is 5.95 Å². The molecule has 0 amide bonds. The predicted molar refractivity (Wildman–Crippen MR) is 61.7 cm³/mol. The van der Waals surface area contributed by atoms with E-state index in [0.717, 1.165) is 0 Å². The molecule has 2 aromatic heterocycles. The zero-order chi connectivity index (χ0) is 12.1. The SMILES string of the molecule is CC#CCNc1nc(Cl)nc(-n2cncn2)n1. The van der Waals surface area contributed by atoms with Crippen LogP contribution in [0.5, 0.6) is 0 Å². The van der Waals surface area contributed by atoms with Gasteiger partial charge < -0.3 is 5.32 Å². The highest BCUT2D eigenvalue weighted by Crippen LogP contribution is 2.07. The Morgan fingerprint density at radius 2 is 2.29 bits per heavy atom. The number of anilines is 1. The molecule has 0 spiro atoms. The fraction of sp³-hybridized carbons (Fsp3) is 0.222. The normalized spacial score (nSPS) is 9.53. The minimum absolute atomic E-state index is 0.0810. The molecule has 86 valence electrons. The van der Waals surface area contributed by atoms with Gasteiger partial charge in [-0.25, -0.2) is 4.98 Å². The maximum absolute atomic E-state index is 5.78. The van der Waals surface area contributed by atoms with Crippen LogP contribution in [0.3, 0.4) is 0 Å². The van der Waals surface area contributed by atoms with E-state index in [1.807, 2.05) is 0 Å². The van der Waals surface area contributed by atoms with Crippen LogP contribution in [0.4, 0.5) is 5.95 Å². The summed E-state index contributed by atoms with van der Waals surface area (Å²) in [6.07, 6.45) is 2.86. The van der Waals surface area contributed by atoms with Gasteiger partial charge in [-0.3, -0.25) is 0 Å². The van der Waals surface area contributed by atoms with Crippen LogP contribution < -0.4 is 5.32 Å².